The fourth-order valence-corrected chi connectivity index (χ4v) is 2.91. The van der Waals surface area contributed by atoms with Crippen molar-refractivity contribution < 1.29 is 12.8 Å². The normalized spacial score (nSPS) is 23.1. The molecule has 2 N–H and O–H groups in total. The van der Waals surface area contributed by atoms with E-state index in [4.69, 9.17) is 0 Å². The van der Waals surface area contributed by atoms with Crippen LogP contribution in [0.1, 0.15) is 24.3 Å². The van der Waals surface area contributed by atoms with Gasteiger partial charge in [0.15, 0.2) is 0 Å². The van der Waals surface area contributed by atoms with Crippen LogP contribution in [0.4, 0.5) is 4.39 Å². The molecule has 0 atom stereocenters. The minimum absolute atomic E-state index is 0.0879. The van der Waals surface area contributed by atoms with Gasteiger partial charge in [0.25, 0.3) is 0 Å². The summed E-state index contributed by atoms with van der Waals surface area (Å²) in [4.78, 5) is 0. The van der Waals surface area contributed by atoms with E-state index in [-0.39, 0.29) is 11.6 Å². The molecule has 1 aliphatic carbocycles. The van der Waals surface area contributed by atoms with Crippen LogP contribution in [0.2, 0.25) is 0 Å². The Bertz CT molecular complexity index is 527. The predicted octanol–water partition coefficient (Wildman–Crippen LogP) is 1.21. The number of halogens is 1. The fraction of sp³-hybridized carbons (Fsp3) is 0.538. The SMILES string of the molecule is CNS(=O)(=O)CCNC1CC(c2cccc(F)c2)C1. The third-order valence-corrected chi connectivity index (χ3v) is 4.94. The van der Waals surface area contributed by atoms with E-state index in [1.54, 1.807) is 12.1 Å². The molecule has 1 saturated carbocycles. The minimum atomic E-state index is -3.13. The Kier molecular flexibility index (Phi) is 4.54. The van der Waals surface area contributed by atoms with Gasteiger partial charge in [-0.05, 0) is 43.5 Å². The molecule has 106 valence electrons. The zero-order chi connectivity index (χ0) is 13.9. The maximum absolute atomic E-state index is 13.1. The molecule has 4 nitrogen and oxygen atoms in total. The highest BCUT2D eigenvalue weighted by molar-refractivity contribution is 7.89. The molecule has 0 aromatic heterocycles. The van der Waals surface area contributed by atoms with Crippen molar-refractivity contribution in [2.75, 3.05) is 19.3 Å². The number of hydrogen-bond donors (Lipinski definition) is 2. The molecule has 1 aromatic rings. The van der Waals surface area contributed by atoms with E-state index >= 15 is 0 Å². The van der Waals surface area contributed by atoms with Gasteiger partial charge in [-0.1, -0.05) is 12.1 Å². The lowest BCUT2D eigenvalue weighted by Gasteiger charge is -2.36. The third kappa shape index (κ3) is 3.99. The van der Waals surface area contributed by atoms with Crippen LogP contribution >= 0.6 is 0 Å². The largest absolute Gasteiger partial charge is 0.313 e. The van der Waals surface area contributed by atoms with Crippen LogP contribution in [-0.4, -0.2) is 33.8 Å². The van der Waals surface area contributed by atoms with Crippen molar-refractivity contribution in [2.45, 2.75) is 24.8 Å². The van der Waals surface area contributed by atoms with E-state index in [1.807, 2.05) is 6.07 Å². The quantitative estimate of drug-likeness (QED) is 0.826. The molecule has 0 amide bonds. The summed E-state index contributed by atoms with van der Waals surface area (Å²) in [5, 5.41) is 3.21. The topological polar surface area (TPSA) is 58.2 Å². The van der Waals surface area contributed by atoms with Gasteiger partial charge in [-0.2, -0.15) is 0 Å². The summed E-state index contributed by atoms with van der Waals surface area (Å²) < 4.78 is 37.8. The molecule has 0 unspecified atom stereocenters. The van der Waals surface area contributed by atoms with Gasteiger partial charge in [0.2, 0.25) is 10.0 Å². The average Bonchev–Trinajstić information content (AvgIpc) is 2.32. The zero-order valence-electron chi connectivity index (χ0n) is 10.9. The van der Waals surface area contributed by atoms with Crippen LogP contribution in [-0.2, 0) is 10.0 Å². The Morgan fingerprint density at radius 3 is 2.74 bits per heavy atom. The predicted molar refractivity (Wildman–Crippen MR) is 73.0 cm³/mol. The van der Waals surface area contributed by atoms with Crippen molar-refractivity contribution in [1.29, 1.82) is 0 Å². The van der Waals surface area contributed by atoms with Crippen LogP contribution in [0, 0.1) is 5.82 Å². The molecular weight excluding hydrogens is 267 g/mol. The molecule has 0 heterocycles. The first-order valence-corrected chi connectivity index (χ1v) is 8.05. The Labute approximate surface area is 113 Å². The smallest absolute Gasteiger partial charge is 0.212 e. The second kappa shape index (κ2) is 5.98. The molecule has 1 aliphatic rings. The first-order chi connectivity index (χ1) is 9.00. The highest BCUT2D eigenvalue weighted by Gasteiger charge is 2.30. The molecule has 1 aromatic carbocycles. The van der Waals surface area contributed by atoms with Gasteiger partial charge in [0.1, 0.15) is 5.82 Å². The standard InChI is InChI=1S/C13H19FN2O2S/c1-15-19(17,18)6-5-16-13-8-11(9-13)10-3-2-4-12(14)7-10/h2-4,7,11,13,15-16H,5-6,8-9H2,1H3. The van der Waals surface area contributed by atoms with Crippen LogP contribution in [0.25, 0.3) is 0 Å². The van der Waals surface area contributed by atoms with Crippen LogP contribution in [0.5, 0.6) is 0 Å². The molecule has 0 bridgehead atoms. The van der Waals surface area contributed by atoms with E-state index in [0.29, 0.717) is 18.5 Å². The summed E-state index contributed by atoms with van der Waals surface area (Å²) in [6, 6.07) is 7.02. The highest BCUT2D eigenvalue weighted by atomic mass is 32.2. The first-order valence-electron chi connectivity index (χ1n) is 6.40. The van der Waals surface area contributed by atoms with Crippen LogP contribution < -0.4 is 10.0 Å². The second-order valence-electron chi connectivity index (χ2n) is 4.90. The van der Waals surface area contributed by atoms with Crippen molar-refractivity contribution in [1.82, 2.24) is 10.0 Å². The van der Waals surface area contributed by atoms with E-state index in [1.165, 1.54) is 13.1 Å². The molecule has 19 heavy (non-hydrogen) atoms. The van der Waals surface area contributed by atoms with Gasteiger partial charge in [0.05, 0.1) is 5.75 Å². The molecule has 0 spiro atoms. The van der Waals surface area contributed by atoms with Crippen molar-refractivity contribution >= 4 is 10.0 Å². The Hall–Kier alpha value is -0.980. The summed E-state index contributed by atoms with van der Waals surface area (Å²) in [6.45, 7) is 0.448. The number of sulfonamides is 1. The summed E-state index contributed by atoms with van der Waals surface area (Å²) in [6.07, 6.45) is 1.87. The van der Waals surface area contributed by atoms with Gasteiger partial charge in [-0.15, -0.1) is 0 Å². The maximum Gasteiger partial charge on any atom is 0.212 e. The fourth-order valence-electron chi connectivity index (χ4n) is 2.32. The van der Waals surface area contributed by atoms with E-state index < -0.39 is 10.0 Å². The highest BCUT2D eigenvalue weighted by Crippen LogP contribution is 2.36. The lowest BCUT2D eigenvalue weighted by molar-refractivity contribution is 0.295. The second-order valence-corrected chi connectivity index (χ2v) is 6.94. The van der Waals surface area contributed by atoms with Crippen molar-refractivity contribution in [3.63, 3.8) is 0 Å². The van der Waals surface area contributed by atoms with E-state index in [0.717, 1.165) is 18.4 Å². The van der Waals surface area contributed by atoms with Gasteiger partial charge >= 0.3 is 0 Å². The van der Waals surface area contributed by atoms with Gasteiger partial charge in [-0.3, -0.25) is 0 Å². The Morgan fingerprint density at radius 2 is 2.11 bits per heavy atom. The summed E-state index contributed by atoms with van der Waals surface area (Å²) in [7, 11) is -1.72. The molecule has 0 aliphatic heterocycles. The van der Waals surface area contributed by atoms with Gasteiger partial charge in [0, 0.05) is 12.6 Å². The molecule has 2 rings (SSSR count). The lowest BCUT2D eigenvalue weighted by Crippen LogP contribution is -2.42. The monoisotopic (exact) mass is 286 g/mol. The molecule has 0 radical (unpaired) electrons. The summed E-state index contributed by atoms with van der Waals surface area (Å²) in [5.41, 5.74) is 1.03. The maximum atomic E-state index is 13.1. The van der Waals surface area contributed by atoms with Crippen molar-refractivity contribution in [3.05, 3.63) is 35.6 Å². The van der Waals surface area contributed by atoms with Crippen LogP contribution in [0.15, 0.2) is 24.3 Å². The number of nitrogens with one attached hydrogen (secondary N) is 2. The summed E-state index contributed by atoms with van der Waals surface area (Å²) in [5.74, 6) is 0.271. The van der Waals surface area contributed by atoms with Crippen molar-refractivity contribution in [2.24, 2.45) is 0 Å². The van der Waals surface area contributed by atoms with Crippen LogP contribution in [0.3, 0.4) is 0 Å². The van der Waals surface area contributed by atoms with E-state index in [2.05, 4.69) is 10.0 Å². The zero-order valence-corrected chi connectivity index (χ0v) is 11.7. The molecule has 0 saturated heterocycles. The first kappa shape index (κ1) is 14.4. The summed E-state index contributed by atoms with van der Waals surface area (Å²) >= 11 is 0. The third-order valence-electron chi connectivity index (χ3n) is 3.57. The molecular formula is C13H19FN2O2S. The Morgan fingerprint density at radius 1 is 1.37 bits per heavy atom. The van der Waals surface area contributed by atoms with Gasteiger partial charge in [-0.25, -0.2) is 17.5 Å². The average molecular weight is 286 g/mol. The Balaban J connectivity index is 1.72. The molecule has 1 fully saturated rings. The number of rotatable bonds is 6. The number of hydrogen-bond acceptors (Lipinski definition) is 3. The molecule has 6 heteroatoms. The van der Waals surface area contributed by atoms with E-state index in [9.17, 15) is 12.8 Å². The van der Waals surface area contributed by atoms with Gasteiger partial charge < -0.3 is 5.32 Å². The lowest BCUT2D eigenvalue weighted by atomic mass is 9.76. The van der Waals surface area contributed by atoms with Crippen molar-refractivity contribution in [3.8, 4) is 0 Å². The minimum Gasteiger partial charge on any atom is -0.313 e. The number of benzene rings is 1.